The van der Waals surface area contributed by atoms with E-state index in [1.807, 2.05) is 48.5 Å². The second-order valence-electron chi connectivity index (χ2n) is 6.62. The summed E-state index contributed by atoms with van der Waals surface area (Å²) in [6.07, 6.45) is 1.72. The van der Waals surface area contributed by atoms with E-state index in [1.54, 1.807) is 17.2 Å². The van der Waals surface area contributed by atoms with E-state index in [1.165, 1.54) is 0 Å². The van der Waals surface area contributed by atoms with Crippen molar-refractivity contribution in [2.45, 2.75) is 0 Å². The predicted molar refractivity (Wildman–Crippen MR) is 111 cm³/mol. The lowest BCUT2D eigenvalue weighted by atomic mass is 10.2. The van der Waals surface area contributed by atoms with Crippen LogP contribution in [-0.2, 0) is 9.59 Å². The van der Waals surface area contributed by atoms with E-state index in [4.69, 9.17) is 11.6 Å². The van der Waals surface area contributed by atoms with Crippen LogP contribution >= 0.6 is 11.6 Å². The first-order valence-electron chi connectivity index (χ1n) is 9.06. The number of piperazine rings is 1. The van der Waals surface area contributed by atoms with E-state index in [2.05, 4.69) is 15.2 Å². The van der Waals surface area contributed by atoms with Crippen LogP contribution < -0.4 is 10.2 Å². The molecule has 0 bridgehead atoms. The summed E-state index contributed by atoms with van der Waals surface area (Å²) in [5.74, 6) is -1.13. The van der Waals surface area contributed by atoms with E-state index >= 15 is 0 Å². The summed E-state index contributed by atoms with van der Waals surface area (Å²) in [5.41, 5.74) is 2.48. The molecule has 1 aliphatic rings. The van der Waals surface area contributed by atoms with Gasteiger partial charge in [0.1, 0.15) is 0 Å². The van der Waals surface area contributed by atoms with Crippen LogP contribution in [0.15, 0.2) is 60.8 Å². The predicted octanol–water partition coefficient (Wildman–Crippen LogP) is 3.18. The molecule has 1 N–H and O–H groups in total. The Labute approximate surface area is 167 Å². The SMILES string of the molecule is O=C(Nc1ccc2ncccc2c1)C(=O)N1CCN(c2ccc(Cl)cc2)CC1. The maximum Gasteiger partial charge on any atom is 0.313 e. The molecule has 3 aromatic rings. The average Bonchev–Trinajstić information content (AvgIpc) is 2.74. The number of rotatable bonds is 2. The molecule has 4 rings (SSSR count). The first-order chi connectivity index (χ1) is 13.6. The number of aromatic nitrogens is 1. The molecule has 0 spiro atoms. The molecular weight excluding hydrogens is 376 g/mol. The summed E-state index contributed by atoms with van der Waals surface area (Å²) in [4.78, 5) is 32.9. The van der Waals surface area contributed by atoms with Gasteiger partial charge in [0.25, 0.3) is 0 Å². The Bertz CT molecular complexity index is 1010. The summed E-state index contributed by atoms with van der Waals surface area (Å²) in [6, 6.07) is 16.7. The van der Waals surface area contributed by atoms with Crippen molar-refractivity contribution in [1.29, 1.82) is 0 Å². The molecule has 2 heterocycles. The lowest BCUT2D eigenvalue weighted by molar-refractivity contribution is -0.143. The number of pyridine rings is 1. The Morgan fingerprint density at radius 3 is 2.46 bits per heavy atom. The summed E-state index contributed by atoms with van der Waals surface area (Å²) in [7, 11) is 0. The molecule has 1 saturated heterocycles. The highest BCUT2D eigenvalue weighted by Gasteiger charge is 2.26. The molecule has 6 nitrogen and oxygen atoms in total. The van der Waals surface area contributed by atoms with Gasteiger partial charge in [-0.15, -0.1) is 0 Å². The molecule has 1 aromatic heterocycles. The number of anilines is 2. The zero-order valence-electron chi connectivity index (χ0n) is 15.1. The van der Waals surface area contributed by atoms with Crippen LogP contribution in [0.2, 0.25) is 5.02 Å². The normalized spacial score (nSPS) is 14.2. The van der Waals surface area contributed by atoms with Crippen molar-refractivity contribution >= 4 is 45.7 Å². The quantitative estimate of drug-likeness (QED) is 0.678. The molecule has 0 atom stereocenters. The summed E-state index contributed by atoms with van der Waals surface area (Å²) in [6.45, 7) is 2.33. The molecule has 0 saturated carbocycles. The highest BCUT2D eigenvalue weighted by Crippen LogP contribution is 2.20. The Kier molecular flexibility index (Phi) is 5.12. The minimum Gasteiger partial charge on any atom is -0.368 e. The molecule has 1 fully saturated rings. The maximum absolute atomic E-state index is 12.5. The van der Waals surface area contributed by atoms with Gasteiger partial charge < -0.3 is 15.1 Å². The van der Waals surface area contributed by atoms with Gasteiger partial charge in [-0.25, -0.2) is 0 Å². The van der Waals surface area contributed by atoms with Crippen LogP contribution in [0.4, 0.5) is 11.4 Å². The van der Waals surface area contributed by atoms with Crippen molar-refractivity contribution in [2.24, 2.45) is 0 Å². The number of nitrogens with one attached hydrogen (secondary N) is 1. The summed E-state index contributed by atoms with van der Waals surface area (Å²) >= 11 is 5.93. The van der Waals surface area contributed by atoms with Crippen LogP contribution in [0.5, 0.6) is 0 Å². The summed E-state index contributed by atoms with van der Waals surface area (Å²) < 4.78 is 0. The number of nitrogens with zero attached hydrogens (tertiary/aromatic N) is 3. The van der Waals surface area contributed by atoms with Crippen molar-refractivity contribution < 1.29 is 9.59 Å². The van der Waals surface area contributed by atoms with Gasteiger partial charge in [-0.2, -0.15) is 0 Å². The van der Waals surface area contributed by atoms with Crippen LogP contribution in [0, 0.1) is 0 Å². The molecule has 142 valence electrons. The van der Waals surface area contributed by atoms with Gasteiger partial charge >= 0.3 is 11.8 Å². The topological polar surface area (TPSA) is 65.5 Å². The zero-order chi connectivity index (χ0) is 19.5. The van der Waals surface area contributed by atoms with Crippen LogP contribution in [0.1, 0.15) is 0 Å². The fourth-order valence-electron chi connectivity index (χ4n) is 3.30. The van der Waals surface area contributed by atoms with Gasteiger partial charge in [-0.1, -0.05) is 17.7 Å². The monoisotopic (exact) mass is 394 g/mol. The van der Waals surface area contributed by atoms with Gasteiger partial charge in [-0.3, -0.25) is 14.6 Å². The number of fused-ring (bicyclic) bond motifs is 1. The molecule has 2 amide bonds. The molecule has 0 radical (unpaired) electrons. The second-order valence-corrected chi connectivity index (χ2v) is 7.06. The number of hydrogen-bond donors (Lipinski definition) is 1. The number of benzene rings is 2. The van der Waals surface area contributed by atoms with Gasteiger partial charge in [-0.05, 0) is 48.5 Å². The largest absolute Gasteiger partial charge is 0.368 e. The Balaban J connectivity index is 1.36. The van der Waals surface area contributed by atoms with Crippen molar-refractivity contribution in [3.8, 4) is 0 Å². The minimum absolute atomic E-state index is 0.497. The Morgan fingerprint density at radius 1 is 0.964 bits per heavy atom. The average molecular weight is 395 g/mol. The first kappa shape index (κ1) is 18.3. The molecule has 1 aliphatic heterocycles. The number of carbonyl (C=O) groups is 2. The molecule has 0 aliphatic carbocycles. The standard InChI is InChI=1S/C21H19ClN4O2/c22-16-3-6-18(7-4-16)25-10-12-26(13-11-25)21(28)20(27)24-17-5-8-19-15(14-17)2-1-9-23-19/h1-9,14H,10-13H2,(H,24,27). The number of halogens is 1. The zero-order valence-corrected chi connectivity index (χ0v) is 15.9. The molecule has 0 unspecified atom stereocenters. The lowest BCUT2D eigenvalue weighted by Crippen LogP contribution is -2.51. The van der Waals surface area contributed by atoms with E-state index in [-0.39, 0.29) is 0 Å². The molecule has 2 aromatic carbocycles. The first-order valence-corrected chi connectivity index (χ1v) is 9.43. The highest BCUT2D eigenvalue weighted by molar-refractivity contribution is 6.39. The summed E-state index contributed by atoms with van der Waals surface area (Å²) in [5, 5.41) is 4.29. The fraction of sp³-hybridized carbons (Fsp3) is 0.190. The van der Waals surface area contributed by atoms with E-state index in [0.29, 0.717) is 36.9 Å². The van der Waals surface area contributed by atoms with Gasteiger partial charge in [0, 0.05) is 54.2 Å². The number of amides is 2. The lowest BCUT2D eigenvalue weighted by Gasteiger charge is -2.35. The van der Waals surface area contributed by atoms with E-state index < -0.39 is 11.8 Å². The van der Waals surface area contributed by atoms with Crippen molar-refractivity contribution in [2.75, 3.05) is 36.4 Å². The molecular formula is C21H19ClN4O2. The van der Waals surface area contributed by atoms with Crippen LogP contribution in [0.3, 0.4) is 0 Å². The van der Waals surface area contributed by atoms with Gasteiger partial charge in [0.05, 0.1) is 5.52 Å². The highest BCUT2D eigenvalue weighted by atomic mass is 35.5. The third-order valence-electron chi connectivity index (χ3n) is 4.81. The fourth-order valence-corrected chi connectivity index (χ4v) is 3.43. The Hall–Kier alpha value is -3.12. The number of carbonyl (C=O) groups excluding carboxylic acids is 2. The molecule has 28 heavy (non-hydrogen) atoms. The smallest absolute Gasteiger partial charge is 0.313 e. The number of hydrogen-bond acceptors (Lipinski definition) is 4. The van der Waals surface area contributed by atoms with Gasteiger partial charge in [0.2, 0.25) is 0 Å². The van der Waals surface area contributed by atoms with Crippen LogP contribution in [-0.4, -0.2) is 47.9 Å². The third kappa shape index (κ3) is 3.92. The van der Waals surface area contributed by atoms with Crippen molar-refractivity contribution in [1.82, 2.24) is 9.88 Å². The van der Waals surface area contributed by atoms with Crippen LogP contribution in [0.25, 0.3) is 10.9 Å². The van der Waals surface area contributed by atoms with Gasteiger partial charge in [0.15, 0.2) is 0 Å². The van der Waals surface area contributed by atoms with E-state index in [0.717, 1.165) is 16.6 Å². The van der Waals surface area contributed by atoms with Crippen molar-refractivity contribution in [3.63, 3.8) is 0 Å². The Morgan fingerprint density at radius 2 is 1.71 bits per heavy atom. The van der Waals surface area contributed by atoms with E-state index in [9.17, 15) is 9.59 Å². The van der Waals surface area contributed by atoms with Crippen molar-refractivity contribution in [3.05, 3.63) is 65.8 Å². The minimum atomic E-state index is -0.622. The molecule has 7 heteroatoms. The third-order valence-corrected chi connectivity index (χ3v) is 5.07. The maximum atomic E-state index is 12.5. The second kappa shape index (κ2) is 7.86.